The van der Waals surface area contributed by atoms with E-state index in [2.05, 4.69) is 35.1 Å². The summed E-state index contributed by atoms with van der Waals surface area (Å²) in [4.78, 5) is 0. The first kappa shape index (κ1) is 17.2. The van der Waals surface area contributed by atoms with Crippen molar-refractivity contribution >= 4 is 0 Å². The standard InChI is InChI=1S/C16H32N4/c1-4-6-7-8-9-10-11-12-15(18-17)16-13-14(3)19-20(16)5-2/h13,15,18H,4-12,17H2,1-3H3. The highest BCUT2D eigenvalue weighted by Gasteiger charge is 2.15. The van der Waals surface area contributed by atoms with E-state index in [-0.39, 0.29) is 6.04 Å². The minimum atomic E-state index is 0.229. The highest BCUT2D eigenvalue weighted by Crippen LogP contribution is 2.21. The van der Waals surface area contributed by atoms with Gasteiger partial charge in [-0.25, -0.2) is 0 Å². The lowest BCUT2D eigenvalue weighted by Gasteiger charge is -2.17. The summed E-state index contributed by atoms with van der Waals surface area (Å²) in [5.74, 6) is 5.73. The van der Waals surface area contributed by atoms with Crippen LogP contribution >= 0.6 is 0 Å². The van der Waals surface area contributed by atoms with Crippen LogP contribution < -0.4 is 11.3 Å². The van der Waals surface area contributed by atoms with Crippen LogP contribution in [0.1, 0.15) is 82.6 Å². The summed E-state index contributed by atoms with van der Waals surface area (Å²) in [7, 11) is 0. The predicted octanol–water partition coefficient (Wildman–Crippen LogP) is 3.86. The zero-order chi connectivity index (χ0) is 14.8. The van der Waals surface area contributed by atoms with E-state index in [1.165, 1.54) is 50.6 Å². The molecular weight excluding hydrogens is 248 g/mol. The Kier molecular flexibility index (Phi) is 8.54. The first-order valence-electron chi connectivity index (χ1n) is 8.23. The second kappa shape index (κ2) is 9.94. The number of aromatic nitrogens is 2. The zero-order valence-electron chi connectivity index (χ0n) is 13.5. The van der Waals surface area contributed by atoms with Crippen LogP contribution in [0.4, 0.5) is 0 Å². The molecule has 0 spiro atoms. The Morgan fingerprint density at radius 3 is 2.40 bits per heavy atom. The van der Waals surface area contributed by atoms with Gasteiger partial charge in [-0.05, 0) is 26.3 Å². The molecule has 1 atom stereocenters. The third-order valence-electron chi connectivity index (χ3n) is 3.89. The first-order chi connectivity index (χ1) is 9.72. The van der Waals surface area contributed by atoms with Gasteiger partial charge in [0.25, 0.3) is 0 Å². The molecule has 116 valence electrons. The van der Waals surface area contributed by atoms with Crippen LogP contribution in [-0.4, -0.2) is 9.78 Å². The number of nitrogens with zero attached hydrogens (tertiary/aromatic N) is 2. The molecule has 0 saturated heterocycles. The van der Waals surface area contributed by atoms with E-state index in [4.69, 9.17) is 5.84 Å². The number of hydrazine groups is 1. The van der Waals surface area contributed by atoms with Gasteiger partial charge in [-0.3, -0.25) is 16.0 Å². The Bertz CT molecular complexity index is 359. The van der Waals surface area contributed by atoms with E-state index in [9.17, 15) is 0 Å². The van der Waals surface area contributed by atoms with E-state index in [0.29, 0.717) is 0 Å². The van der Waals surface area contributed by atoms with E-state index >= 15 is 0 Å². The van der Waals surface area contributed by atoms with Crippen molar-refractivity contribution in [3.05, 3.63) is 17.5 Å². The van der Waals surface area contributed by atoms with Gasteiger partial charge in [-0.15, -0.1) is 0 Å². The molecule has 0 aliphatic carbocycles. The summed E-state index contributed by atoms with van der Waals surface area (Å²) in [6.07, 6.45) is 10.4. The third-order valence-corrected chi connectivity index (χ3v) is 3.89. The summed E-state index contributed by atoms with van der Waals surface area (Å²) < 4.78 is 2.06. The van der Waals surface area contributed by atoms with Gasteiger partial charge in [0.15, 0.2) is 0 Å². The van der Waals surface area contributed by atoms with Crippen molar-refractivity contribution in [3.63, 3.8) is 0 Å². The number of aryl methyl sites for hydroxylation is 2. The average molecular weight is 280 g/mol. The molecule has 0 aliphatic rings. The molecule has 3 N–H and O–H groups in total. The largest absolute Gasteiger partial charge is 0.271 e. The van der Waals surface area contributed by atoms with Crippen molar-refractivity contribution in [2.75, 3.05) is 0 Å². The van der Waals surface area contributed by atoms with Crippen molar-refractivity contribution in [2.24, 2.45) is 5.84 Å². The van der Waals surface area contributed by atoms with Crippen molar-refractivity contribution in [2.45, 2.75) is 84.7 Å². The van der Waals surface area contributed by atoms with Gasteiger partial charge < -0.3 is 0 Å². The minimum absolute atomic E-state index is 0.229. The second-order valence-corrected chi connectivity index (χ2v) is 5.66. The van der Waals surface area contributed by atoms with Crippen LogP contribution in [0.25, 0.3) is 0 Å². The molecule has 0 radical (unpaired) electrons. The molecule has 0 saturated carbocycles. The van der Waals surface area contributed by atoms with Gasteiger partial charge in [0, 0.05) is 6.54 Å². The maximum absolute atomic E-state index is 5.73. The van der Waals surface area contributed by atoms with Crippen LogP contribution in [0.5, 0.6) is 0 Å². The van der Waals surface area contributed by atoms with E-state index in [1.807, 2.05) is 6.92 Å². The molecule has 20 heavy (non-hydrogen) atoms. The molecule has 1 aromatic rings. The molecule has 0 aromatic carbocycles. The summed E-state index contributed by atoms with van der Waals surface area (Å²) in [6, 6.07) is 2.38. The summed E-state index contributed by atoms with van der Waals surface area (Å²) in [5.41, 5.74) is 5.25. The third kappa shape index (κ3) is 5.63. The maximum atomic E-state index is 5.73. The Hall–Kier alpha value is -0.870. The number of unbranched alkanes of at least 4 members (excludes halogenated alkanes) is 6. The zero-order valence-corrected chi connectivity index (χ0v) is 13.5. The Labute approximate surface area is 124 Å². The normalized spacial score (nSPS) is 12.8. The number of rotatable bonds is 11. The topological polar surface area (TPSA) is 55.9 Å². The van der Waals surface area contributed by atoms with Crippen LogP contribution in [0.15, 0.2) is 6.07 Å². The van der Waals surface area contributed by atoms with Crippen LogP contribution in [0, 0.1) is 6.92 Å². The molecule has 0 bridgehead atoms. The molecule has 0 amide bonds. The Balaban J connectivity index is 2.32. The number of nitrogens with two attached hydrogens (primary N) is 1. The molecule has 1 unspecified atom stereocenters. The van der Waals surface area contributed by atoms with Gasteiger partial charge in [-0.2, -0.15) is 5.10 Å². The van der Waals surface area contributed by atoms with Crippen LogP contribution in [0.3, 0.4) is 0 Å². The number of hydrogen-bond donors (Lipinski definition) is 2. The highest BCUT2D eigenvalue weighted by molar-refractivity contribution is 5.13. The molecule has 4 nitrogen and oxygen atoms in total. The van der Waals surface area contributed by atoms with Crippen molar-refractivity contribution < 1.29 is 0 Å². The molecule has 1 rings (SSSR count). The Morgan fingerprint density at radius 2 is 1.80 bits per heavy atom. The summed E-state index contributed by atoms with van der Waals surface area (Å²) >= 11 is 0. The molecule has 0 aliphatic heterocycles. The van der Waals surface area contributed by atoms with E-state index < -0.39 is 0 Å². The predicted molar refractivity (Wildman–Crippen MR) is 85.3 cm³/mol. The minimum Gasteiger partial charge on any atom is -0.271 e. The average Bonchev–Trinajstić information content (AvgIpc) is 2.83. The first-order valence-corrected chi connectivity index (χ1v) is 8.23. The lowest BCUT2D eigenvalue weighted by Crippen LogP contribution is -2.29. The fraction of sp³-hybridized carbons (Fsp3) is 0.812. The lowest BCUT2D eigenvalue weighted by atomic mass is 10.0. The number of nitrogens with one attached hydrogen (secondary N) is 1. The molecule has 0 fully saturated rings. The molecule has 4 heteroatoms. The summed E-state index contributed by atoms with van der Waals surface area (Å²) in [6.45, 7) is 7.32. The number of hydrogen-bond acceptors (Lipinski definition) is 3. The fourth-order valence-corrected chi connectivity index (χ4v) is 2.72. The quantitative estimate of drug-likeness (QED) is 0.368. The van der Waals surface area contributed by atoms with Gasteiger partial charge in [-0.1, -0.05) is 51.9 Å². The second-order valence-electron chi connectivity index (χ2n) is 5.66. The maximum Gasteiger partial charge on any atom is 0.0629 e. The highest BCUT2D eigenvalue weighted by atomic mass is 15.3. The lowest BCUT2D eigenvalue weighted by molar-refractivity contribution is 0.442. The molecule has 1 aromatic heterocycles. The van der Waals surface area contributed by atoms with Crippen molar-refractivity contribution in [1.29, 1.82) is 0 Å². The van der Waals surface area contributed by atoms with E-state index in [1.54, 1.807) is 0 Å². The van der Waals surface area contributed by atoms with Crippen molar-refractivity contribution in [3.8, 4) is 0 Å². The van der Waals surface area contributed by atoms with Gasteiger partial charge in [0.05, 0.1) is 17.4 Å². The summed E-state index contributed by atoms with van der Waals surface area (Å²) in [5, 5.41) is 4.50. The van der Waals surface area contributed by atoms with Crippen LogP contribution in [0.2, 0.25) is 0 Å². The fourth-order valence-electron chi connectivity index (χ4n) is 2.72. The monoisotopic (exact) mass is 280 g/mol. The van der Waals surface area contributed by atoms with Gasteiger partial charge in [0.1, 0.15) is 0 Å². The van der Waals surface area contributed by atoms with E-state index in [0.717, 1.165) is 18.7 Å². The Morgan fingerprint density at radius 1 is 1.15 bits per heavy atom. The van der Waals surface area contributed by atoms with Crippen LogP contribution in [-0.2, 0) is 6.54 Å². The molecular formula is C16H32N4. The van der Waals surface area contributed by atoms with Gasteiger partial charge >= 0.3 is 0 Å². The van der Waals surface area contributed by atoms with Crippen molar-refractivity contribution in [1.82, 2.24) is 15.2 Å². The smallest absolute Gasteiger partial charge is 0.0629 e. The SMILES string of the molecule is CCCCCCCCCC(NN)c1cc(C)nn1CC. The molecule has 1 heterocycles. The van der Waals surface area contributed by atoms with Gasteiger partial charge in [0.2, 0.25) is 0 Å².